The Balaban J connectivity index is 1.96. The highest BCUT2D eigenvalue weighted by molar-refractivity contribution is 6.04. The monoisotopic (exact) mass is 293 g/mol. The van der Waals surface area contributed by atoms with Crippen LogP contribution in [0.2, 0.25) is 0 Å². The molecule has 0 saturated carbocycles. The molecule has 1 aliphatic rings. The van der Waals surface area contributed by atoms with Crippen molar-refractivity contribution in [3.05, 3.63) is 24.2 Å². The van der Waals surface area contributed by atoms with Crippen LogP contribution in [0.25, 0.3) is 0 Å². The molecule has 0 aromatic carbocycles. The molecule has 0 radical (unpaired) electrons. The van der Waals surface area contributed by atoms with Crippen LogP contribution in [-0.4, -0.2) is 47.7 Å². The van der Waals surface area contributed by atoms with Gasteiger partial charge in [-0.2, -0.15) is 0 Å². The van der Waals surface area contributed by atoms with Crippen molar-refractivity contribution in [1.29, 1.82) is 0 Å². The van der Waals surface area contributed by atoms with Crippen molar-refractivity contribution < 1.29 is 23.6 Å². The van der Waals surface area contributed by atoms with Crippen LogP contribution >= 0.6 is 0 Å². The highest BCUT2D eigenvalue weighted by atomic mass is 16.3. The smallest absolute Gasteiger partial charge is 0.287 e. The molecule has 112 valence electrons. The summed E-state index contributed by atoms with van der Waals surface area (Å²) in [7, 11) is 0. The molecule has 2 rings (SSSR count). The zero-order valence-corrected chi connectivity index (χ0v) is 11.4. The fourth-order valence-corrected chi connectivity index (χ4v) is 2.09. The zero-order chi connectivity index (χ0) is 15.4. The van der Waals surface area contributed by atoms with Gasteiger partial charge >= 0.3 is 0 Å². The van der Waals surface area contributed by atoms with Gasteiger partial charge in [0.15, 0.2) is 5.76 Å². The van der Waals surface area contributed by atoms with E-state index in [0.29, 0.717) is 6.42 Å². The summed E-state index contributed by atoms with van der Waals surface area (Å²) in [5.74, 6) is -1.98. The molecule has 1 aromatic rings. The molecule has 8 nitrogen and oxygen atoms in total. The molecule has 8 heteroatoms. The Morgan fingerprint density at radius 1 is 1.48 bits per heavy atom. The van der Waals surface area contributed by atoms with Gasteiger partial charge in [-0.05, 0) is 18.6 Å². The number of hydrogen-bond acceptors (Lipinski definition) is 5. The number of piperazine rings is 1. The van der Waals surface area contributed by atoms with Crippen LogP contribution in [0, 0.1) is 0 Å². The summed E-state index contributed by atoms with van der Waals surface area (Å²) < 4.78 is 4.89. The third-order valence-corrected chi connectivity index (χ3v) is 3.11. The molecule has 4 amide bonds. The fourth-order valence-electron chi connectivity index (χ4n) is 2.09. The van der Waals surface area contributed by atoms with Crippen LogP contribution in [0.1, 0.15) is 23.9 Å². The Morgan fingerprint density at radius 3 is 2.86 bits per heavy atom. The number of hydrogen-bond donors (Lipinski definition) is 2. The van der Waals surface area contributed by atoms with Crippen molar-refractivity contribution in [2.45, 2.75) is 19.4 Å². The lowest BCUT2D eigenvalue weighted by molar-refractivity contribution is -0.149. The summed E-state index contributed by atoms with van der Waals surface area (Å²) in [5, 5.41) is 4.57. The summed E-state index contributed by atoms with van der Waals surface area (Å²) in [6.45, 7) is 1.23. The average molecular weight is 293 g/mol. The molecule has 0 spiro atoms. The number of carbonyl (C=O) groups excluding carboxylic acids is 4. The van der Waals surface area contributed by atoms with Crippen LogP contribution in [0.4, 0.5) is 0 Å². The SMILES string of the molecule is CCC1C(=O)NC(=O)CN1C(=O)CNC(=O)c1ccco1. The third kappa shape index (κ3) is 3.28. The first-order chi connectivity index (χ1) is 10.0. The average Bonchev–Trinajstić information content (AvgIpc) is 2.97. The Hall–Kier alpha value is -2.64. The molecule has 1 aliphatic heterocycles. The van der Waals surface area contributed by atoms with Crippen LogP contribution in [-0.2, 0) is 14.4 Å². The maximum absolute atomic E-state index is 12.1. The number of rotatable bonds is 4. The predicted molar refractivity (Wildman–Crippen MR) is 70.0 cm³/mol. The van der Waals surface area contributed by atoms with E-state index in [1.54, 1.807) is 13.0 Å². The minimum atomic E-state index is -0.698. The molecule has 0 bridgehead atoms. The molecule has 1 fully saturated rings. The number of carbonyl (C=O) groups is 4. The molecular weight excluding hydrogens is 278 g/mol. The van der Waals surface area contributed by atoms with Crippen molar-refractivity contribution in [2.75, 3.05) is 13.1 Å². The van der Waals surface area contributed by atoms with Crippen molar-refractivity contribution in [1.82, 2.24) is 15.5 Å². The van der Waals surface area contributed by atoms with Gasteiger partial charge in [-0.15, -0.1) is 0 Å². The molecule has 1 unspecified atom stereocenters. The Kier molecular flexibility index (Phi) is 4.36. The minimum absolute atomic E-state index is 0.0855. The van der Waals surface area contributed by atoms with E-state index < -0.39 is 29.7 Å². The highest BCUT2D eigenvalue weighted by Crippen LogP contribution is 2.09. The number of imide groups is 1. The number of nitrogens with one attached hydrogen (secondary N) is 2. The largest absolute Gasteiger partial charge is 0.459 e. The first-order valence-electron chi connectivity index (χ1n) is 6.47. The molecular formula is C13H15N3O5. The Morgan fingerprint density at radius 2 is 2.24 bits per heavy atom. The van der Waals surface area contributed by atoms with Gasteiger partial charge in [0.2, 0.25) is 17.7 Å². The van der Waals surface area contributed by atoms with E-state index in [4.69, 9.17) is 4.42 Å². The van der Waals surface area contributed by atoms with Crippen molar-refractivity contribution in [3.63, 3.8) is 0 Å². The number of furan rings is 1. The minimum Gasteiger partial charge on any atom is -0.459 e. The molecule has 0 aliphatic carbocycles. The summed E-state index contributed by atoms with van der Waals surface area (Å²) in [6.07, 6.45) is 1.73. The van der Waals surface area contributed by atoms with E-state index in [2.05, 4.69) is 10.6 Å². The molecule has 2 heterocycles. The normalized spacial score (nSPS) is 18.3. The lowest BCUT2D eigenvalue weighted by Crippen LogP contribution is -2.60. The van der Waals surface area contributed by atoms with Crippen molar-refractivity contribution in [3.8, 4) is 0 Å². The standard InChI is InChI=1S/C13H15N3O5/c1-2-8-12(19)15-10(17)7-16(8)11(18)6-14-13(20)9-4-3-5-21-9/h3-5,8H,2,6-7H2,1H3,(H,14,20)(H,15,17,19). The second kappa shape index (κ2) is 6.21. The topological polar surface area (TPSA) is 109 Å². The molecule has 1 aromatic heterocycles. The summed E-state index contributed by atoms with van der Waals surface area (Å²) in [6, 6.07) is 2.32. The van der Waals surface area contributed by atoms with Gasteiger partial charge in [0.1, 0.15) is 12.6 Å². The molecule has 21 heavy (non-hydrogen) atoms. The molecule has 1 atom stereocenters. The lowest BCUT2D eigenvalue weighted by Gasteiger charge is -2.33. The van der Waals surface area contributed by atoms with E-state index in [1.807, 2.05) is 0 Å². The van der Waals surface area contributed by atoms with Crippen molar-refractivity contribution >= 4 is 23.6 Å². The second-order valence-corrected chi connectivity index (χ2v) is 4.52. The molecule has 1 saturated heterocycles. The maximum Gasteiger partial charge on any atom is 0.287 e. The quantitative estimate of drug-likeness (QED) is 0.712. The number of nitrogens with zero attached hydrogens (tertiary/aromatic N) is 1. The van der Waals surface area contributed by atoms with Gasteiger partial charge in [0, 0.05) is 0 Å². The summed E-state index contributed by atoms with van der Waals surface area (Å²) >= 11 is 0. The van der Waals surface area contributed by atoms with Gasteiger partial charge in [-0.25, -0.2) is 0 Å². The van der Waals surface area contributed by atoms with Gasteiger partial charge in [0.05, 0.1) is 12.8 Å². The lowest BCUT2D eigenvalue weighted by atomic mass is 10.1. The molecule has 2 N–H and O–H groups in total. The zero-order valence-electron chi connectivity index (χ0n) is 11.4. The first kappa shape index (κ1) is 14.8. The van der Waals surface area contributed by atoms with Gasteiger partial charge in [-0.3, -0.25) is 24.5 Å². The van der Waals surface area contributed by atoms with Gasteiger partial charge in [-0.1, -0.05) is 6.92 Å². The van der Waals surface area contributed by atoms with Crippen LogP contribution < -0.4 is 10.6 Å². The maximum atomic E-state index is 12.1. The van der Waals surface area contributed by atoms with E-state index in [1.165, 1.54) is 17.2 Å². The van der Waals surface area contributed by atoms with E-state index in [9.17, 15) is 19.2 Å². The van der Waals surface area contributed by atoms with Crippen molar-refractivity contribution in [2.24, 2.45) is 0 Å². The van der Waals surface area contributed by atoms with Gasteiger partial charge < -0.3 is 14.6 Å². The van der Waals surface area contributed by atoms with Gasteiger partial charge in [0.25, 0.3) is 5.91 Å². The summed E-state index contributed by atoms with van der Waals surface area (Å²) in [4.78, 5) is 47.9. The van der Waals surface area contributed by atoms with E-state index in [-0.39, 0.29) is 18.8 Å². The number of amides is 4. The Labute approximate surface area is 120 Å². The predicted octanol–water partition coefficient (Wildman–Crippen LogP) is -0.727. The third-order valence-electron chi connectivity index (χ3n) is 3.11. The fraction of sp³-hybridized carbons (Fsp3) is 0.385. The second-order valence-electron chi connectivity index (χ2n) is 4.52. The van der Waals surface area contributed by atoms with Crippen LogP contribution in [0.5, 0.6) is 0 Å². The summed E-state index contributed by atoms with van der Waals surface area (Å²) in [5.41, 5.74) is 0. The highest BCUT2D eigenvalue weighted by Gasteiger charge is 2.35. The van der Waals surface area contributed by atoms with E-state index in [0.717, 1.165) is 0 Å². The van der Waals surface area contributed by atoms with Crippen LogP contribution in [0.15, 0.2) is 22.8 Å². The van der Waals surface area contributed by atoms with E-state index >= 15 is 0 Å². The first-order valence-corrected chi connectivity index (χ1v) is 6.47. The Bertz CT molecular complexity index is 566. The van der Waals surface area contributed by atoms with Crippen LogP contribution in [0.3, 0.4) is 0 Å².